The Labute approximate surface area is 90.7 Å². The molecule has 6 nitrogen and oxygen atoms in total. The Morgan fingerprint density at radius 1 is 1.50 bits per heavy atom. The molecule has 16 heavy (non-hydrogen) atoms. The molecule has 0 atom stereocenters. The van der Waals surface area contributed by atoms with Crippen molar-refractivity contribution in [1.82, 2.24) is 14.5 Å². The Morgan fingerprint density at radius 3 is 2.88 bits per heavy atom. The minimum Gasteiger partial charge on any atom is -0.326 e. The molecule has 2 aromatic heterocycles. The van der Waals surface area contributed by atoms with Crippen LogP contribution in [0.15, 0.2) is 21.9 Å². The van der Waals surface area contributed by atoms with Gasteiger partial charge in [-0.1, -0.05) is 0 Å². The minimum absolute atomic E-state index is 0.313. The van der Waals surface area contributed by atoms with Crippen molar-refractivity contribution < 1.29 is 0 Å². The molecule has 0 unspecified atom stereocenters. The predicted octanol–water partition coefficient (Wildman–Crippen LogP) is -0.437. The van der Waals surface area contributed by atoms with Crippen molar-refractivity contribution in [2.24, 2.45) is 5.73 Å². The fourth-order valence-electron chi connectivity index (χ4n) is 1.62. The molecule has 2 rings (SSSR count). The van der Waals surface area contributed by atoms with Gasteiger partial charge in [-0.25, -0.2) is 9.78 Å². The van der Waals surface area contributed by atoms with Gasteiger partial charge in [0.05, 0.1) is 5.39 Å². The summed E-state index contributed by atoms with van der Waals surface area (Å²) in [6, 6.07) is 1.66. The summed E-state index contributed by atoms with van der Waals surface area (Å²) in [5.41, 5.74) is 5.77. The third kappa shape index (κ3) is 1.53. The highest BCUT2D eigenvalue weighted by atomic mass is 16.2. The molecule has 0 radical (unpaired) electrons. The first-order valence-electron chi connectivity index (χ1n) is 4.99. The lowest BCUT2D eigenvalue weighted by molar-refractivity contribution is 0.717. The van der Waals surface area contributed by atoms with E-state index < -0.39 is 11.2 Å². The van der Waals surface area contributed by atoms with Crippen molar-refractivity contribution in [2.45, 2.75) is 20.0 Å². The molecule has 0 spiro atoms. The maximum absolute atomic E-state index is 11.6. The van der Waals surface area contributed by atoms with Crippen LogP contribution in [0.5, 0.6) is 0 Å². The Morgan fingerprint density at radius 2 is 2.25 bits per heavy atom. The van der Waals surface area contributed by atoms with Crippen molar-refractivity contribution in [3.63, 3.8) is 0 Å². The summed E-state index contributed by atoms with van der Waals surface area (Å²) < 4.78 is 1.41. The first-order chi connectivity index (χ1) is 7.67. The number of H-pyrrole nitrogens is 1. The highest BCUT2D eigenvalue weighted by Crippen LogP contribution is 2.06. The highest BCUT2D eigenvalue weighted by Gasteiger charge is 2.07. The maximum Gasteiger partial charge on any atom is 0.329 e. The zero-order valence-electron chi connectivity index (χ0n) is 8.86. The van der Waals surface area contributed by atoms with Gasteiger partial charge in [-0.3, -0.25) is 14.3 Å². The van der Waals surface area contributed by atoms with Crippen molar-refractivity contribution in [2.75, 3.05) is 0 Å². The second-order valence-electron chi connectivity index (χ2n) is 3.42. The lowest BCUT2D eigenvalue weighted by Gasteiger charge is -2.06. The molecule has 0 aliphatic heterocycles. The van der Waals surface area contributed by atoms with Gasteiger partial charge in [-0.2, -0.15) is 0 Å². The van der Waals surface area contributed by atoms with Crippen LogP contribution in [0.3, 0.4) is 0 Å². The summed E-state index contributed by atoms with van der Waals surface area (Å²) in [7, 11) is 0. The van der Waals surface area contributed by atoms with E-state index >= 15 is 0 Å². The first kappa shape index (κ1) is 10.6. The van der Waals surface area contributed by atoms with E-state index in [1.165, 1.54) is 4.57 Å². The quantitative estimate of drug-likeness (QED) is 0.717. The number of hydrogen-bond donors (Lipinski definition) is 2. The maximum atomic E-state index is 11.6. The number of pyridine rings is 1. The lowest BCUT2D eigenvalue weighted by Crippen LogP contribution is -2.30. The Balaban J connectivity index is 2.93. The fraction of sp³-hybridized carbons (Fsp3) is 0.300. The summed E-state index contributed by atoms with van der Waals surface area (Å²) in [6.07, 6.45) is 1.58. The van der Waals surface area contributed by atoms with E-state index in [9.17, 15) is 9.59 Å². The molecule has 0 fully saturated rings. The minimum atomic E-state index is -0.437. The molecular formula is C10H12N4O2. The topological polar surface area (TPSA) is 93.8 Å². The van der Waals surface area contributed by atoms with Gasteiger partial charge in [-0.05, 0) is 18.6 Å². The van der Waals surface area contributed by atoms with Crippen molar-refractivity contribution in [3.8, 4) is 0 Å². The predicted molar refractivity (Wildman–Crippen MR) is 60.2 cm³/mol. The average Bonchev–Trinajstić information content (AvgIpc) is 2.29. The van der Waals surface area contributed by atoms with E-state index in [0.717, 1.165) is 5.56 Å². The zero-order valence-corrected chi connectivity index (χ0v) is 8.86. The molecule has 84 valence electrons. The second kappa shape index (κ2) is 3.90. The summed E-state index contributed by atoms with van der Waals surface area (Å²) in [6.45, 7) is 2.59. The van der Waals surface area contributed by atoms with Gasteiger partial charge in [0.1, 0.15) is 5.65 Å². The molecule has 0 saturated heterocycles. The second-order valence-corrected chi connectivity index (χ2v) is 3.42. The lowest BCUT2D eigenvalue weighted by atomic mass is 10.2. The molecular weight excluding hydrogens is 208 g/mol. The van der Waals surface area contributed by atoms with Crippen LogP contribution >= 0.6 is 0 Å². The van der Waals surface area contributed by atoms with Gasteiger partial charge >= 0.3 is 5.69 Å². The molecule has 0 bridgehead atoms. The molecule has 6 heteroatoms. The summed E-state index contributed by atoms with van der Waals surface area (Å²) in [5.74, 6) is 0. The van der Waals surface area contributed by atoms with Gasteiger partial charge in [0.15, 0.2) is 0 Å². The van der Waals surface area contributed by atoms with Crippen LogP contribution in [-0.2, 0) is 13.1 Å². The molecule has 2 aromatic rings. The molecule has 0 saturated carbocycles. The number of aryl methyl sites for hydroxylation is 1. The average molecular weight is 220 g/mol. The Hall–Kier alpha value is -1.95. The van der Waals surface area contributed by atoms with Crippen LogP contribution < -0.4 is 17.0 Å². The molecule has 0 aromatic carbocycles. The van der Waals surface area contributed by atoms with E-state index in [2.05, 4.69) is 9.97 Å². The van der Waals surface area contributed by atoms with Gasteiger partial charge in [0, 0.05) is 19.3 Å². The number of aromatic amines is 1. The van der Waals surface area contributed by atoms with Crippen molar-refractivity contribution in [3.05, 3.63) is 38.7 Å². The largest absolute Gasteiger partial charge is 0.329 e. The molecule has 0 amide bonds. The number of nitrogens with one attached hydrogen (secondary N) is 1. The molecule has 2 heterocycles. The third-order valence-electron chi connectivity index (χ3n) is 2.44. The molecule has 3 N–H and O–H groups in total. The number of rotatable bonds is 2. The number of nitrogens with two attached hydrogens (primary N) is 1. The molecule has 0 aliphatic carbocycles. The van der Waals surface area contributed by atoms with Gasteiger partial charge in [0.2, 0.25) is 0 Å². The monoisotopic (exact) mass is 220 g/mol. The van der Waals surface area contributed by atoms with Crippen LogP contribution in [0, 0.1) is 0 Å². The van der Waals surface area contributed by atoms with E-state index in [1.54, 1.807) is 12.3 Å². The third-order valence-corrected chi connectivity index (χ3v) is 2.44. The Kier molecular flexibility index (Phi) is 2.57. The zero-order chi connectivity index (χ0) is 11.7. The van der Waals surface area contributed by atoms with Crippen LogP contribution in [0.4, 0.5) is 0 Å². The van der Waals surface area contributed by atoms with Gasteiger partial charge < -0.3 is 5.73 Å². The van der Waals surface area contributed by atoms with Crippen LogP contribution in [0.25, 0.3) is 11.0 Å². The van der Waals surface area contributed by atoms with E-state index in [1.807, 2.05) is 6.92 Å². The van der Waals surface area contributed by atoms with Gasteiger partial charge in [0.25, 0.3) is 5.56 Å². The first-order valence-corrected chi connectivity index (χ1v) is 4.99. The Bertz CT molecular complexity index is 641. The van der Waals surface area contributed by atoms with Crippen LogP contribution in [0.2, 0.25) is 0 Å². The van der Waals surface area contributed by atoms with Crippen LogP contribution in [0.1, 0.15) is 12.5 Å². The number of hydrogen-bond acceptors (Lipinski definition) is 4. The number of fused-ring (bicyclic) bond motifs is 1. The summed E-state index contributed by atoms with van der Waals surface area (Å²) in [4.78, 5) is 29.4. The number of aromatic nitrogens is 3. The van der Waals surface area contributed by atoms with E-state index in [0.29, 0.717) is 24.1 Å². The normalized spacial score (nSPS) is 10.9. The number of nitrogens with zero attached hydrogens (tertiary/aromatic N) is 2. The molecule has 0 aliphatic rings. The summed E-state index contributed by atoms with van der Waals surface area (Å²) >= 11 is 0. The van der Waals surface area contributed by atoms with Crippen LogP contribution in [-0.4, -0.2) is 14.5 Å². The smallest absolute Gasteiger partial charge is 0.326 e. The highest BCUT2D eigenvalue weighted by molar-refractivity contribution is 5.74. The standard InChI is InChI=1S/C10H12N4O2/c1-2-14-8-7(9(15)13-10(14)16)3-6(4-11)5-12-8/h3,5H,2,4,11H2,1H3,(H,13,15,16). The van der Waals surface area contributed by atoms with E-state index in [4.69, 9.17) is 5.73 Å². The summed E-state index contributed by atoms with van der Waals surface area (Å²) in [5, 5.41) is 0.393. The van der Waals surface area contributed by atoms with Gasteiger partial charge in [-0.15, -0.1) is 0 Å². The fourth-order valence-corrected chi connectivity index (χ4v) is 1.62. The van der Waals surface area contributed by atoms with Crippen molar-refractivity contribution in [1.29, 1.82) is 0 Å². The van der Waals surface area contributed by atoms with Crippen molar-refractivity contribution >= 4 is 11.0 Å². The SMILES string of the molecule is CCn1c(=O)[nH]c(=O)c2cc(CN)cnc21. The van der Waals surface area contributed by atoms with E-state index in [-0.39, 0.29) is 0 Å².